The van der Waals surface area contributed by atoms with Gasteiger partial charge in [0.05, 0.1) is 10.9 Å². The fourth-order valence-corrected chi connectivity index (χ4v) is 2.90. The second-order valence-electron chi connectivity index (χ2n) is 5.77. The molecule has 2 atom stereocenters. The number of halogens is 2. The quantitative estimate of drug-likeness (QED) is 0.776. The molecule has 0 radical (unpaired) electrons. The molecule has 0 spiro atoms. The normalized spacial score (nSPS) is 20.9. The number of nitrogens with one attached hydrogen (secondary N) is 2. The number of amides is 1. The van der Waals surface area contributed by atoms with E-state index in [1.165, 1.54) is 18.6 Å². The van der Waals surface area contributed by atoms with Crippen molar-refractivity contribution in [1.29, 1.82) is 0 Å². The predicted molar refractivity (Wildman–Crippen MR) is 86.5 cm³/mol. The molecule has 1 fully saturated rings. The largest absolute Gasteiger partial charge is 0.369 e. The molecular weight excluding hydrogens is 305 g/mol. The number of rotatable bonds is 5. The number of hydrogen-bond acceptors (Lipinski definition) is 3. The molecule has 1 aliphatic heterocycles. The van der Waals surface area contributed by atoms with Crippen LogP contribution in [0.25, 0.3) is 0 Å². The molecule has 0 aliphatic carbocycles. The zero-order valence-electron chi connectivity index (χ0n) is 12.6. The zero-order chi connectivity index (χ0) is 15.9. The maximum absolute atomic E-state index is 13.6. The van der Waals surface area contributed by atoms with Crippen molar-refractivity contribution in [1.82, 2.24) is 10.6 Å². The van der Waals surface area contributed by atoms with Crippen molar-refractivity contribution >= 4 is 17.5 Å². The van der Waals surface area contributed by atoms with Gasteiger partial charge in [0.1, 0.15) is 5.82 Å². The standard InChI is InChI=1S/C16H23ClFN3O/c17-14-5-4-11(9-15(14)18)13(16(19)22)10-21-12-3-1-2-7-20-8-6-12/h4-5,9,12-13,20-21H,1-3,6-8,10H2,(H2,19,22)/t12?,13-/m1/s1. The molecule has 2 rings (SSSR count). The summed E-state index contributed by atoms with van der Waals surface area (Å²) in [7, 11) is 0. The highest BCUT2D eigenvalue weighted by Gasteiger charge is 2.21. The molecule has 1 amide bonds. The first-order valence-electron chi connectivity index (χ1n) is 7.76. The Balaban J connectivity index is 1.99. The van der Waals surface area contributed by atoms with Gasteiger partial charge in [0.15, 0.2) is 0 Å². The minimum atomic E-state index is -0.551. The number of hydrogen-bond donors (Lipinski definition) is 3. The highest BCUT2D eigenvalue weighted by Crippen LogP contribution is 2.22. The molecule has 4 nitrogen and oxygen atoms in total. The van der Waals surface area contributed by atoms with E-state index >= 15 is 0 Å². The molecule has 22 heavy (non-hydrogen) atoms. The minimum Gasteiger partial charge on any atom is -0.369 e. The molecule has 6 heteroatoms. The first kappa shape index (κ1) is 17.2. The van der Waals surface area contributed by atoms with Gasteiger partial charge < -0.3 is 16.4 Å². The number of carbonyl (C=O) groups excluding carboxylic acids is 1. The van der Waals surface area contributed by atoms with E-state index in [4.69, 9.17) is 17.3 Å². The second-order valence-corrected chi connectivity index (χ2v) is 6.18. The van der Waals surface area contributed by atoms with Gasteiger partial charge in [0.25, 0.3) is 0 Å². The van der Waals surface area contributed by atoms with Gasteiger partial charge in [-0.25, -0.2) is 4.39 Å². The molecular formula is C16H23ClFN3O. The highest BCUT2D eigenvalue weighted by molar-refractivity contribution is 6.30. The third kappa shape index (κ3) is 4.93. The Morgan fingerprint density at radius 1 is 1.41 bits per heavy atom. The lowest BCUT2D eigenvalue weighted by atomic mass is 9.96. The average molecular weight is 328 g/mol. The van der Waals surface area contributed by atoms with Gasteiger partial charge in [0.2, 0.25) is 5.91 Å². The summed E-state index contributed by atoms with van der Waals surface area (Å²) in [5, 5.41) is 6.83. The molecule has 1 aliphatic rings. The molecule has 1 aromatic rings. The van der Waals surface area contributed by atoms with Gasteiger partial charge in [-0.2, -0.15) is 0 Å². The van der Waals surface area contributed by atoms with Crippen molar-refractivity contribution in [2.24, 2.45) is 5.73 Å². The Morgan fingerprint density at radius 2 is 2.23 bits per heavy atom. The van der Waals surface area contributed by atoms with Gasteiger partial charge in [-0.15, -0.1) is 0 Å². The predicted octanol–water partition coefficient (Wildman–Crippen LogP) is 2.17. The van der Waals surface area contributed by atoms with Crippen LogP contribution in [0.5, 0.6) is 0 Å². The van der Waals surface area contributed by atoms with E-state index in [9.17, 15) is 9.18 Å². The second kappa shape index (κ2) is 8.46. The van der Waals surface area contributed by atoms with Crippen molar-refractivity contribution in [2.75, 3.05) is 19.6 Å². The Morgan fingerprint density at radius 3 is 2.95 bits per heavy atom. The van der Waals surface area contributed by atoms with E-state index in [1.54, 1.807) is 6.07 Å². The number of nitrogens with two attached hydrogens (primary N) is 1. The maximum Gasteiger partial charge on any atom is 0.226 e. The topological polar surface area (TPSA) is 67.2 Å². The molecule has 0 bridgehead atoms. The van der Waals surface area contributed by atoms with Crippen molar-refractivity contribution < 1.29 is 9.18 Å². The van der Waals surface area contributed by atoms with Gasteiger partial charge in [-0.05, 0) is 50.0 Å². The lowest BCUT2D eigenvalue weighted by Gasteiger charge is -2.24. The summed E-state index contributed by atoms with van der Waals surface area (Å²) in [6, 6.07) is 4.76. The fourth-order valence-electron chi connectivity index (χ4n) is 2.79. The van der Waals surface area contributed by atoms with Crippen LogP contribution in [0.15, 0.2) is 18.2 Å². The summed E-state index contributed by atoms with van der Waals surface area (Å²) >= 11 is 5.68. The monoisotopic (exact) mass is 327 g/mol. The van der Waals surface area contributed by atoms with Crippen molar-refractivity contribution in [3.8, 4) is 0 Å². The van der Waals surface area contributed by atoms with Gasteiger partial charge in [-0.1, -0.05) is 24.1 Å². The van der Waals surface area contributed by atoms with Crippen LogP contribution in [0.1, 0.15) is 37.2 Å². The Kier molecular flexibility index (Phi) is 6.61. The molecule has 1 heterocycles. The van der Waals surface area contributed by atoms with Crippen LogP contribution < -0.4 is 16.4 Å². The maximum atomic E-state index is 13.6. The first-order chi connectivity index (χ1) is 10.6. The minimum absolute atomic E-state index is 0.0472. The Bertz CT molecular complexity index is 504. The zero-order valence-corrected chi connectivity index (χ0v) is 13.3. The lowest BCUT2D eigenvalue weighted by molar-refractivity contribution is -0.119. The summed E-state index contributed by atoms with van der Waals surface area (Å²) in [5.41, 5.74) is 6.04. The molecule has 1 unspecified atom stereocenters. The SMILES string of the molecule is NC(=O)[C@H](CNC1CCCCNCC1)c1ccc(Cl)c(F)c1. The Labute approximate surface area is 135 Å². The summed E-state index contributed by atoms with van der Waals surface area (Å²) in [6.45, 7) is 2.45. The van der Waals surface area contributed by atoms with Crippen molar-refractivity contribution in [3.05, 3.63) is 34.6 Å². The van der Waals surface area contributed by atoms with E-state index in [2.05, 4.69) is 10.6 Å². The number of benzene rings is 1. The van der Waals surface area contributed by atoms with Crippen LogP contribution in [0.3, 0.4) is 0 Å². The van der Waals surface area contributed by atoms with E-state index in [1.807, 2.05) is 0 Å². The lowest BCUT2D eigenvalue weighted by Crippen LogP contribution is -2.39. The molecule has 0 aromatic heterocycles. The van der Waals surface area contributed by atoms with Crippen molar-refractivity contribution in [3.63, 3.8) is 0 Å². The molecule has 4 N–H and O–H groups in total. The van der Waals surface area contributed by atoms with E-state index in [0.29, 0.717) is 18.2 Å². The third-order valence-corrected chi connectivity index (χ3v) is 4.43. The summed E-state index contributed by atoms with van der Waals surface area (Å²) in [5.74, 6) is -1.54. The van der Waals surface area contributed by atoms with Gasteiger partial charge in [0, 0.05) is 12.6 Å². The van der Waals surface area contributed by atoms with Crippen LogP contribution in [0.2, 0.25) is 5.02 Å². The molecule has 1 aromatic carbocycles. The number of primary amides is 1. The average Bonchev–Trinajstić information content (AvgIpc) is 2.44. The van der Waals surface area contributed by atoms with Gasteiger partial charge in [-0.3, -0.25) is 4.79 Å². The van der Waals surface area contributed by atoms with E-state index in [-0.39, 0.29) is 5.02 Å². The highest BCUT2D eigenvalue weighted by atomic mass is 35.5. The number of carbonyl (C=O) groups is 1. The van der Waals surface area contributed by atoms with Crippen LogP contribution in [0, 0.1) is 5.82 Å². The van der Waals surface area contributed by atoms with Crippen LogP contribution in [-0.4, -0.2) is 31.6 Å². The summed E-state index contributed by atoms with van der Waals surface area (Å²) in [4.78, 5) is 11.7. The fraction of sp³-hybridized carbons (Fsp3) is 0.562. The summed E-state index contributed by atoms with van der Waals surface area (Å²) in [6.07, 6.45) is 4.42. The van der Waals surface area contributed by atoms with Gasteiger partial charge >= 0.3 is 0 Å². The van der Waals surface area contributed by atoms with Crippen LogP contribution >= 0.6 is 11.6 Å². The Hall–Kier alpha value is -1.17. The smallest absolute Gasteiger partial charge is 0.226 e. The molecule has 1 saturated heterocycles. The third-order valence-electron chi connectivity index (χ3n) is 4.13. The van der Waals surface area contributed by atoms with E-state index in [0.717, 1.165) is 32.4 Å². The first-order valence-corrected chi connectivity index (χ1v) is 8.14. The van der Waals surface area contributed by atoms with E-state index < -0.39 is 17.6 Å². The molecule has 122 valence electrons. The summed E-state index contributed by atoms with van der Waals surface area (Å²) < 4.78 is 13.6. The van der Waals surface area contributed by atoms with Crippen molar-refractivity contribution in [2.45, 2.75) is 37.6 Å². The molecule has 0 saturated carbocycles. The van der Waals surface area contributed by atoms with Crippen LogP contribution in [0.4, 0.5) is 4.39 Å². The van der Waals surface area contributed by atoms with Crippen LogP contribution in [-0.2, 0) is 4.79 Å².